The van der Waals surface area contributed by atoms with Crippen LogP contribution in [0, 0.1) is 11.8 Å². The molecular weight excluding hydrogens is 220 g/mol. The molecule has 0 amide bonds. The lowest BCUT2D eigenvalue weighted by Gasteiger charge is -2.38. The number of nitrogens with zero attached hydrogens (tertiary/aromatic N) is 1. The molecule has 2 aliphatic rings. The monoisotopic (exact) mass is 252 g/mol. The van der Waals surface area contributed by atoms with E-state index in [9.17, 15) is 0 Å². The lowest BCUT2D eigenvalue weighted by atomic mass is 9.97. The topological polar surface area (TPSA) is 29.3 Å². The second-order valence-electron chi connectivity index (χ2n) is 6.59. The van der Waals surface area contributed by atoms with Gasteiger partial charge in [-0.1, -0.05) is 33.1 Å². The van der Waals surface area contributed by atoms with Gasteiger partial charge in [-0.2, -0.15) is 0 Å². The van der Waals surface area contributed by atoms with E-state index >= 15 is 0 Å². The Hall–Kier alpha value is -0.0800. The molecule has 2 fully saturated rings. The van der Waals surface area contributed by atoms with Gasteiger partial charge in [-0.15, -0.1) is 0 Å². The van der Waals surface area contributed by atoms with E-state index in [4.69, 9.17) is 5.73 Å². The van der Waals surface area contributed by atoms with E-state index in [1.54, 1.807) is 0 Å². The average molecular weight is 252 g/mol. The van der Waals surface area contributed by atoms with Gasteiger partial charge in [0.25, 0.3) is 0 Å². The van der Waals surface area contributed by atoms with Crippen LogP contribution in [0.25, 0.3) is 0 Å². The van der Waals surface area contributed by atoms with E-state index in [1.165, 1.54) is 57.9 Å². The van der Waals surface area contributed by atoms with Gasteiger partial charge in [0.15, 0.2) is 0 Å². The summed E-state index contributed by atoms with van der Waals surface area (Å²) in [6.45, 7) is 6.89. The van der Waals surface area contributed by atoms with Crippen LogP contribution in [0.3, 0.4) is 0 Å². The highest BCUT2D eigenvalue weighted by atomic mass is 15.2. The molecule has 2 saturated carbocycles. The van der Waals surface area contributed by atoms with Crippen LogP contribution in [-0.2, 0) is 0 Å². The molecule has 2 nitrogen and oxygen atoms in total. The first-order valence-electron chi connectivity index (χ1n) is 8.22. The molecule has 18 heavy (non-hydrogen) atoms. The summed E-state index contributed by atoms with van der Waals surface area (Å²) in [5, 5.41) is 0. The minimum Gasteiger partial charge on any atom is -0.330 e. The van der Waals surface area contributed by atoms with Crippen molar-refractivity contribution in [2.45, 2.75) is 77.3 Å². The molecule has 4 unspecified atom stereocenters. The highest BCUT2D eigenvalue weighted by Crippen LogP contribution is 2.34. The van der Waals surface area contributed by atoms with Crippen LogP contribution in [0.5, 0.6) is 0 Å². The summed E-state index contributed by atoms with van der Waals surface area (Å²) in [7, 11) is 0. The SMILES string of the molecule is CCN(C1CCCC(C)CC1)C1CCCC1CN. The second kappa shape index (κ2) is 6.91. The van der Waals surface area contributed by atoms with Gasteiger partial charge in [0.05, 0.1) is 0 Å². The summed E-state index contributed by atoms with van der Waals surface area (Å²) in [6.07, 6.45) is 11.3. The summed E-state index contributed by atoms with van der Waals surface area (Å²) in [4.78, 5) is 2.82. The van der Waals surface area contributed by atoms with Gasteiger partial charge in [-0.25, -0.2) is 0 Å². The zero-order valence-corrected chi connectivity index (χ0v) is 12.4. The first kappa shape index (κ1) is 14.3. The molecule has 2 heteroatoms. The van der Waals surface area contributed by atoms with Gasteiger partial charge in [0.2, 0.25) is 0 Å². The van der Waals surface area contributed by atoms with Gasteiger partial charge < -0.3 is 5.73 Å². The summed E-state index contributed by atoms with van der Waals surface area (Å²) >= 11 is 0. The molecule has 0 aromatic heterocycles. The number of hydrogen-bond acceptors (Lipinski definition) is 2. The van der Waals surface area contributed by atoms with Crippen LogP contribution in [-0.4, -0.2) is 30.1 Å². The van der Waals surface area contributed by atoms with Crippen molar-refractivity contribution in [3.05, 3.63) is 0 Å². The maximum atomic E-state index is 5.97. The molecule has 2 rings (SSSR count). The van der Waals surface area contributed by atoms with Crippen molar-refractivity contribution in [1.29, 1.82) is 0 Å². The molecule has 0 aromatic carbocycles. The quantitative estimate of drug-likeness (QED) is 0.777. The highest BCUT2D eigenvalue weighted by molar-refractivity contribution is 4.89. The third kappa shape index (κ3) is 3.27. The first-order chi connectivity index (χ1) is 8.76. The molecule has 4 atom stereocenters. The summed E-state index contributed by atoms with van der Waals surface area (Å²) in [5.74, 6) is 1.72. The smallest absolute Gasteiger partial charge is 0.0138 e. The lowest BCUT2D eigenvalue weighted by Crippen LogP contribution is -2.46. The van der Waals surface area contributed by atoms with Crippen molar-refractivity contribution < 1.29 is 0 Å². The molecule has 106 valence electrons. The zero-order chi connectivity index (χ0) is 13.0. The zero-order valence-electron chi connectivity index (χ0n) is 12.4. The van der Waals surface area contributed by atoms with E-state index < -0.39 is 0 Å². The molecular formula is C16H32N2. The number of hydrogen-bond donors (Lipinski definition) is 1. The fourth-order valence-corrected chi connectivity index (χ4v) is 4.29. The fourth-order valence-electron chi connectivity index (χ4n) is 4.29. The summed E-state index contributed by atoms with van der Waals surface area (Å²) < 4.78 is 0. The summed E-state index contributed by atoms with van der Waals surface area (Å²) in [5.41, 5.74) is 5.97. The van der Waals surface area contributed by atoms with Gasteiger partial charge in [0.1, 0.15) is 0 Å². The summed E-state index contributed by atoms with van der Waals surface area (Å²) in [6, 6.07) is 1.63. The van der Waals surface area contributed by atoms with Crippen molar-refractivity contribution >= 4 is 0 Å². The molecule has 0 aromatic rings. The third-order valence-corrected chi connectivity index (χ3v) is 5.41. The predicted molar refractivity (Wildman–Crippen MR) is 78.6 cm³/mol. The minimum absolute atomic E-state index is 0.769. The molecule has 0 heterocycles. The Bertz CT molecular complexity index is 241. The van der Waals surface area contributed by atoms with Gasteiger partial charge in [-0.05, 0) is 57.0 Å². The molecule has 0 spiro atoms. The van der Waals surface area contributed by atoms with Crippen LogP contribution >= 0.6 is 0 Å². The molecule has 0 bridgehead atoms. The predicted octanol–water partition coefficient (Wildman–Crippen LogP) is 3.40. The van der Waals surface area contributed by atoms with Crippen molar-refractivity contribution in [2.75, 3.05) is 13.1 Å². The standard InChI is InChI=1S/C16H32N2/c1-3-18(16-9-5-7-14(16)12-17)15-8-4-6-13(2)10-11-15/h13-16H,3-12,17H2,1-2H3. The molecule has 2 N–H and O–H groups in total. The normalized spacial score (nSPS) is 38.0. The number of rotatable bonds is 4. The van der Waals surface area contributed by atoms with Crippen LogP contribution in [0.4, 0.5) is 0 Å². The molecule has 0 radical (unpaired) electrons. The van der Waals surface area contributed by atoms with E-state index in [0.29, 0.717) is 0 Å². The van der Waals surface area contributed by atoms with Crippen LogP contribution < -0.4 is 5.73 Å². The first-order valence-corrected chi connectivity index (χ1v) is 8.22. The van der Waals surface area contributed by atoms with Gasteiger partial charge >= 0.3 is 0 Å². The van der Waals surface area contributed by atoms with Crippen LogP contribution in [0.2, 0.25) is 0 Å². The van der Waals surface area contributed by atoms with E-state index in [2.05, 4.69) is 18.7 Å². The minimum atomic E-state index is 0.769. The van der Waals surface area contributed by atoms with Gasteiger partial charge in [0, 0.05) is 12.1 Å². The van der Waals surface area contributed by atoms with Gasteiger partial charge in [-0.3, -0.25) is 4.90 Å². The van der Waals surface area contributed by atoms with Crippen molar-refractivity contribution in [3.8, 4) is 0 Å². The largest absolute Gasteiger partial charge is 0.330 e. The number of nitrogens with two attached hydrogens (primary N) is 1. The Labute approximate surface area is 113 Å². The maximum Gasteiger partial charge on any atom is 0.0138 e. The second-order valence-corrected chi connectivity index (χ2v) is 6.59. The Morgan fingerprint density at radius 2 is 1.78 bits per heavy atom. The fraction of sp³-hybridized carbons (Fsp3) is 1.00. The van der Waals surface area contributed by atoms with Crippen LogP contribution in [0.15, 0.2) is 0 Å². The van der Waals surface area contributed by atoms with Crippen molar-refractivity contribution in [3.63, 3.8) is 0 Å². The molecule has 0 saturated heterocycles. The van der Waals surface area contributed by atoms with E-state index in [1.807, 2.05) is 0 Å². The van der Waals surface area contributed by atoms with Crippen molar-refractivity contribution in [1.82, 2.24) is 4.90 Å². The Balaban J connectivity index is 1.98. The Morgan fingerprint density at radius 1 is 1.00 bits per heavy atom. The maximum absolute atomic E-state index is 5.97. The Kier molecular flexibility index (Phi) is 5.50. The van der Waals surface area contributed by atoms with E-state index in [0.717, 1.165) is 30.5 Å². The highest BCUT2D eigenvalue weighted by Gasteiger charge is 2.34. The Morgan fingerprint density at radius 3 is 2.50 bits per heavy atom. The van der Waals surface area contributed by atoms with Crippen molar-refractivity contribution in [2.24, 2.45) is 17.6 Å². The molecule has 2 aliphatic carbocycles. The molecule has 0 aliphatic heterocycles. The van der Waals surface area contributed by atoms with Crippen LogP contribution in [0.1, 0.15) is 65.2 Å². The average Bonchev–Trinajstić information content (AvgIpc) is 2.74. The lowest BCUT2D eigenvalue weighted by molar-refractivity contribution is 0.103. The third-order valence-electron chi connectivity index (χ3n) is 5.41. The van der Waals surface area contributed by atoms with E-state index in [-0.39, 0.29) is 0 Å².